The molecule has 0 fully saturated rings. The Morgan fingerprint density at radius 3 is 1.77 bits per heavy atom. The van der Waals surface area contributed by atoms with Gasteiger partial charge >= 0.3 is 0 Å². The van der Waals surface area contributed by atoms with Crippen LogP contribution >= 0.6 is 0 Å². The van der Waals surface area contributed by atoms with Crippen molar-refractivity contribution in [2.75, 3.05) is 0 Å². The normalized spacial score (nSPS) is 12.7. The molecule has 0 saturated carbocycles. The fraction of sp³-hybridized carbons (Fsp3) is 0. The third kappa shape index (κ3) is 5.54. The molecule has 2 heterocycles. The van der Waals surface area contributed by atoms with Crippen LogP contribution in [0.1, 0.15) is 6.85 Å². The summed E-state index contributed by atoms with van der Waals surface area (Å²) in [6.45, 7) is 0. The van der Waals surface area contributed by atoms with E-state index in [0.29, 0.717) is 45.2 Å². The van der Waals surface area contributed by atoms with Gasteiger partial charge in [-0.2, -0.15) is 0 Å². The van der Waals surface area contributed by atoms with Crippen molar-refractivity contribution in [1.82, 2.24) is 15.0 Å². The van der Waals surface area contributed by atoms with Crippen LogP contribution in [0.2, 0.25) is 0 Å². The second-order valence-electron chi connectivity index (χ2n) is 12.8. The maximum absolute atomic E-state index is 8.90. The Morgan fingerprint density at radius 2 is 1.00 bits per heavy atom. The number of hydrogen-bond acceptors (Lipinski definition) is 4. The van der Waals surface area contributed by atoms with E-state index in [9.17, 15) is 0 Å². The van der Waals surface area contributed by atoms with Crippen LogP contribution < -0.4 is 0 Å². The molecule has 10 rings (SSSR count). The monoisotopic (exact) mass is 682 g/mol. The van der Waals surface area contributed by atoms with Crippen molar-refractivity contribution in [3.63, 3.8) is 0 Å². The number of fused-ring (bicyclic) bond motifs is 4. The zero-order valence-electron chi connectivity index (χ0n) is 33.3. The summed E-state index contributed by atoms with van der Waals surface area (Å²) in [5, 5.41) is 3.77. The van der Waals surface area contributed by atoms with E-state index in [0.717, 1.165) is 38.8 Å². The van der Waals surface area contributed by atoms with Crippen LogP contribution in [0.25, 0.3) is 100 Å². The summed E-state index contributed by atoms with van der Waals surface area (Å²) in [4.78, 5) is 15.2. The number of benzene rings is 8. The van der Waals surface area contributed by atoms with Gasteiger partial charge in [0.05, 0.1) is 6.85 Å². The lowest BCUT2D eigenvalue weighted by Crippen LogP contribution is -2.00. The summed E-state index contributed by atoms with van der Waals surface area (Å²) in [6, 6.07) is 50.2. The van der Waals surface area contributed by atoms with E-state index in [1.807, 2.05) is 109 Å². The molecule has 4 heteroatoms. The molecule has 0 aliphatic heterocycles. The first-order valence-corrected chi connectivity index (χ1v) is 17.4. The van der Waals surface area contributed by atoms with Crippen molar-refractivity contribution in [3.05, 3.63) is 188 Å². The van der Waals surface area contributed by atoms with Gasteiger partial charge in [-0.3, -0.25) is 0 Å². The van der Waals surface area contributed by atoms with Crippen molar-refractivity contribution in [2.45, 2.75) is 0 Å². The van der Waals surface area contributed by atoms with E-state index in [-0.39, 0.29) is 17.6 Å². The van der Waals surface area contributed by atoms with Gasteiger partial charge in [0, 0.05) is 33.0 Å². The van der Waals surface area contributed by atoms with Gasteiger partial charge in [-0.25, -0.2) is 15.0 Å². The van der Waals surface area contributed by atoms with Crippen molar-refractivity contribution in [3.8, 4) is 67.5 Å². The Morgan fingerprint density at radius 1 is 0.396 bits per heavy atom. The highest BCUT2D eigenvalue weighted by Crippen LogP contribution is 2.43. The summed E-state index contributed by atoms with van der Waals surface area (Å²) in [6.07, 6.45) is 0. The SMILES string of the molecule is [2H]c1c([2H])c([2H])c(-c2cc(-c3ccccc3)cc3c2oc2cccc(-c4nc(-c5ccccc5)nc(-c5ccc(-c6cccc7ccccc67)cc5)n4)c23)c([2H])c1[2H]. The highest BCUT2D eigenvalue weighted by atomic mass is 16.3. The first kappa shape index (κ1) is 25.7. The predicted octanol–water partition coefficient (Wildman–Crippen LogP) is 12.9. The molecule has 0 radical (unpaired) electrons. The maximum Gasteiger partial charge on any atom is 0.164 e. The fourth-order valence-corrected chi connectivity index (χ4v) is 7.10. The number of aromatic nitrogens is 3. The third-order valence-corrected chi connectivity index (χ3v) is 9.63. The van der Waals surface area contributed by atoms with Gasteiger partial charge in [-0.1, -0.05) is 170 Å². The molecule has 0 aliphatic rings. The highest BCUT2D eigenvalue weighted by molar-refractivity contribution is 6.16. The molecular weight excluding hydrogens is 647 g/mol. The zero-order valence-corrected chi connectivity index (χ0v) is 28.3. The quantitative estimate of drug-likeness (QED) is 0.175. The summed E-state index contributed by atoms with van der Waals surface area (Å²) in [7, 11) is 0. The predicted molar refractivity (Wildman–Crippen MR) is 217 cm³/mol. The Hall–Kier alpha value is -7.17. The Labute approximate surface area is 313 Å². The van der Waals surface area contributed by atoms with Crippen LogP contribution in [-0.4, -0.2) is 15.0 Å². The number of furan rings is 1. The second kappa shape index (κ2) is 12.9. The molecule has 0 aliphatic carbocycles. The molecule has 0 bridgehead atoms. The fourth-order valence-electron chi connectivity index (χ4n) is 7.10. The largest absolute Gasteiger partial charge is 0.455 e. The van der Waals surface area contributed by atoms with E-state index in [1.165, 1.54) is 10.8 Å². The molecule has 4 nitrogen and oxygen atoms in total. The minimum atomic E-state index is -0.454. The van der Waals surface area contributed by atoms with Gasteiger partial charge in [0.15, 0.2) is 17.5 Å². The van der Waals surface area contributed by atoms with Gasteiger partial charge in [-0.05, 0) is 56.8 Å². The first-order valence-electron chi connectivity index (χ1n) is 19.9. The van der Waals surface area contributed by atoms with Crippen LogP contribution in [0.4, 0.5) is 0 Å². The van der Waals surface area contributed by atoms with Crippen molar-refractivity contribution < 1.29 is 11.3 Å². The Kier molecular flexibility index (Phi) is 6.24. The minimum Gasteiger partial charge on any atom is -0.455 e. The average Bonchev–Trinajstić information content (AvgIpc) is 3.67. The average molecular weight is 683 g/mol. The van der Waals surface area contributed by atoms with Crippen LogP contribution in [0.5, 0.6) is 0 Å². The second-order valence-corrected chi connectivity index (χ2v) is 12.8. The number of hydrogen-bond donors (Lipinski definition) is 0. The van der Waals surface area contributed by atoms with Gasteiger partial charge in [-0.15, -0.1) is 0 Å². The lowest BCUT2D eigenvalue weighted by atomic mass is 9.95. The van der Waals surface area contributed by atoms with Crippen LogP contribution in [0.3, 0.4) is 0 Å². The molecule has 0 atom stereocenters. The Bertz CT molecular complexity index is 3190. The first-order chi connectivity index (χ1) is 28.3. The molecule has 53 heavy (non-hydrogen) atoms. The third-order valence-electron chi connectivity index (χ3n) is 9.63. The lowest BCUT2D eigenvalue weighted by molar-refractivity contribution is 0.670. The molecule has 0 saturated heterocycles. The molecule has 8 aromatic carbocycles. The van der Waals surface area contributed by atoms with Crippen molar-refractivity contribution >= 4 is 32.7 Å². The smallest absolute Gasteiger partial charge is 0.164 e. The number of nitrogens with zero attached hydrogens (tertiary/aromatic N) is 3. The minimum absolute atomic E-state index is 0.0649. The van der Waals surface area contributed by atoms with Gasteiger partial charge in [0.1, 0.15) is 11.2 Å². The van der Waals surface area contributed by atoms with Crippen LogP contribution in [0, 0.1) is 0 Å². The van der Waals surface area contributed by atoms with E-state index in [4.69, 9.17) is 26.2 Å². The zero-order chi connectivity index (χ0) is 39.5. The Balaban J connectivity index is 1.20. The summed E-state index contributed by atoms with van der Waals surface area (Å²) >= 11 is 0. The molecule has 10 aromatic rings. The molecule has 248 valence electrons. The van der Waals surface area contributed by atoms with Crippen LogP contribution in [-0.2, 0) is 0 Å². The van der Waals surface area contributed by atoms with E-state index in [2.05, 4.69) is 48.5 Å². The van der Waals surface area contributed by atoms with Gasteiger partial charge in [0.2, 0.25) is 0 Å². The van der Waals surface area contributed by atoms with Gasteiger partial charge in [0.25, 0.3) is 0 Å². The number of rotatable bonds is 6. The highest BCUT2D eigenvalue weighted by Gasteiger charge is 2.21. The van der Waals surface area contributed by atoms with Crippen molar-refractivity contribution in [2.24, 2.45) is 0 Å². The standard InChI is InChI=1S/C49H31N3O/c1-4-14-32(15-5-1)38-30-42(34-16-6-2-7-17-34)46-43(31-38)45-41(24-13-25-44(45)53-46)49-51-47(36-19-8-3-9-20-36)50-48(52-49)37-28-26-35(27-29-37)40-23-12-21-33-18-10-11-22-39(33)40/h1-31H/i2D,6D,7D,16D,17D. The summed E-state index contributed by atoms with van der Waals surface area (Å²) in [5.41, 5.74) is 7.64. The molecule has 0 N–H and O–H groups in total. The molecule has 0 spiro atoms. The topological polar surface area (TPSA) is 51.8 Å². The van der Waals surface area contributed by atoms with Gasteiger partial charge < -0.3 is 4.42 Å². The van der Waals surface area contributed by atoms with Crippen molar-refractivity contribution in [1.29, 1.82) is 0 Å². The molecule has 0 amide bonds. The molecule has 2 aromatic heterocycles. The van der Waals surface area contributed by atoms with E-state index in [1.54, 1.807) is 0 Å². The van der Waals surface area contributed by atoms with E-state index < -0.39 is 18.1 Å². The maximum atomic E-state index is 8.90. The van der Waals surface area contributed by atoms with Crippen LogP contribution in [0.15, 0.2) is 192 Å². The molecule has 0 unspecified atom stereocenters. The summed E-state index contributed by atoms with van der Waals surface area (Å²) in [5.74, 6) is 1.45. The summed E-state index contributed by atoms with van der Waals surface area (Å²) < 4.78 is 49.6. The lowest BCUT2D eigenvalue weighted by Gasteiger charge is -2.11. The van der Waals surface area contributed by atoms with E-state index >= 15 is 0 Å². The molecular formula is C49H31N3O.